The third-order valence-electron chi connectivity index (χ3n) is 2.66. The summed E-state index contributed by atoms with van der Waals surface area (Å²) in [7, 11) is 0. The molecule has 1 aliphatic rings. The predicted molar refractivity (Wildman–Crippen MR) is 70.2 cm³/mol. The van der Waals surface area contributed by atoms with Crippen LogP contribution in [0.5, 0.6) is 0 Å². The first-order valence-corrected chi connectivity index (χ1v) is 5.90. The van der Waals surface area contributed by atoms with Crippen molar-refractivity contribution in [3.8, 4) is 0 Å². The average Bonchev–Trinajstić information content (AvgIpc) is 2.18. The van der Waals surface area contributed by atoms with Crippen LogP contribution in [0.15, 0.2) is 36.3 Å². The molecule has 0 spiro atoms. The molecule has 2 atom stereocenters. The van der Waals surface area contributed by atoms with E-state index < -0.39 is 6.23 Å². The number of rotatable bonds is 3. The molecular formula is C14H23NO2. The van der Waals surface area contributed by atoms with Gasteiger partial charge in [-0.2, -0.15) is 0 Å². The normalized spacial score (nSPS) is 22.1. The molecular weight excluding hydrogens is 214 g/mol. The molecule has 1 unspecified atom stereocenters. The first-order valence-electron chi connectivity index (χ1n) is 5.90. The fraction of sp³-hybridized carbons (Fsp3) is 0.571. The Kier molecular flexibility index (Phi) is 4.04. The van der Waals surface area contributed by atoms with Crippen molar-refractivity contribution in [1.82, 2.24) is 4.90 Å². The lowest BCUT2D eigenvalue weighted by molar-refractivity contribution is -0.00368. The van der Waals surface area contributed by atoms with Crippen LogP contribution in [0.3, 0.4) is 0 Å². The zero-order valence-electron chi connectivity index (χ0n) is 11.4. The second kappa shape index (κ2) is 4.96. The van der Waals surface area contributed by atoms with Crippen LogP contribution >= 0.6 is 0 Å². The molecule has 0 bridgehead atoms. The van der Waals surface area contributed by atoms with E-state index in [9.17, 15) is 5.11 Å². The lowest BCUT2D eigenvalue weighted by atomic mass is 10.1. The zero-order valence-corrected chi connectivity index (χ0v) is 11.4. The number of aliphatic hydroxyl groups excluding tert-OH is 1. The van der Waals surface area contributed by atoms with E-state index in [1.54, 1.807) is 0 Å². The van der Waals surface area contributed by atoms with Crippen LogP contribution in [-0.2, 0) is 4.74 Å². The maximum absolute atomic E-state index is 10.1. The SMILES string of the molecule is C=C(OC(C)(C)C)C(C)N1C=CC=C(C)[C@@H]1O. The Balaban J connectivity index is 2.71. The summed E-state index contributed by atoms with van der Waals surface area (Å²) in [6.45, 7) is 13.8. The molecule has 0 fully saturated rings. The summed E-state index contributed by atoms with van der Waals surface area (Å²) < 4.78 is 5.74. The third kappa shape index (κ3) is 3.63. The number of nitrogens with zero attached hydrogens (tertiary/aromatic N) is 1. The summed E-state index contributed by atoms with van der Waals surface area (Å²) in [4.78, 5) is 1.84. The number of hydrogen-bond donors (Lipinski definition) is 1. The highest BCUT2D eigenvalue weighted by Gasteiger charge is 2.26. The molecule has 3 heteroatoms. The smallest absolute Gasteiger partial charge is 0.149 e. The Morgan fingerprint density at radius 1 is 1.53 bits per heavy atom. The first-order chi connectivity index (χ1) is 7.72. The molecule has 17 heavy (non-hydrogen) atoms. The highest BCUT2D eigenvalue weighted by Crippen LogP contribution is 2.23. The van der Waals surface area contributed by atoms with Gasteiger partial charge >= 0.3 is 0 Å². The molecule has 1 aliphatic heterocycles. The van der Waals surface area contributed by atoms with Crippen molar-refractivity contribution in [1.29, 1.82) is 0 Å². The van der Waals surface area contributed by atoms with E-state index in [0.717, 1.165) is 5.57 Å². The number of aliphatic hydroxyl groups is 1. The molecule has 0 aromatic heterocycles. The van der Waals surface area contributed by atoms with Crippen LogP contribution in [0.1, 0.15) is 34.6 Å². The van der Waals surface area contributed by atoms with Gasteiger partial charge in [-0.3, -0.25) is 0 Å². The molecule has 1 rings (SSSR count). The van der Waals surface area contributed by atoms with Gasteiger partial charge in [-0.1, -0.05) is 12.7 Å². The van der Waals surface area contributed by atoms with Crippen LogP contribution in [0.25, 0.3) is 0 Å². The van der Waals surface area contributed by atoms with Crippen molar-refractivity contribution in [2.45, 2.75) is 52.5 Å². The van der Waals surface area contributed by atoms with Crippen LogP contribution in [0.2, 0.25) is 0 Å². The average molecular weight is 237 g/mol. The maximum atomic E-state index is 10.1. The van der Waals surface area contributed by atoms with Crippen LogP contribution < -0.4 is 0 Å². The van der Waals surface area contributed by atoms with Gasteiger partial charge in [0.25, 0.3) is 0 Å². The summed E-state index contributed by atoms with van der Waals surface area (Å²) in [5.74, 6) is 0.663. The first kappa shape index (κ1) is 13.8. The van der Waals surface area contributed by atoms with E-state index in [2.05, 4.69) is 6.58 Å². The van der Waals surface area contributed by atoms with Crippen LogP contribution in [-0.4, -0.2) is 27.9 Å². The van der Waals surface area contributed by atoms with Gasteiger partial charge in [0.05, 0.1) is 6.04 Å². The van der Waals surface area contributed by atoms with Gasteiger partial charge in [0.1, 0.15) is 17.6 Å². The number of ether oxygens (including phenoxy) is 1. The topological polar surface area (TPSA) is 32.7 Å². The monoisotopic (exact) mass is 237 g/mol. The van der Waals surface area contributed by atoms with E-state index in [1.807, 2.05) is 57.9 Å². The summed E-state index contributed by atoms with van der Waals surface area (Å²) in [6, 6.07) is -0.0656. The third-order valence-corrected chi connectivity index (χ3v) is 2.66. The molecule has 1 N–H and O–H groups in total. The van der Waals surface area contributed by atoms with Crippen molar-refractivity contribution >= 4 is 0 Å². The van der Waals surface area contributed by atoms with E-state index in [0.29, 0.717) is 5.76 Å². The fourth-order valence-corrected chi connectivity index (χ4v) is 1.68. The van der Waals surface area contributed by atoms with Crippen molar-refractivity contribution in [3.05, 3.63) is 36.3 Å². The molecule has 0 amide bonds. The lowest BCUT2D eigenvalue weighted by Gasteiger charge is -2.37. The van der Waals surface area contributed by atoms with Gasteiger partial charge in [-0.25, -0.2) is 0 Å². The minimum Gasteiger partial charge on any atom is -0.491 e. The Labute approximate surface area is 104 Å². The van der Waals surface area contributed by atoms with Crippen molar-refractivity contribution in [2.75, 3.05) is 0 Å². The number of hydrogen-bond acceptors (Lipinski definition) is 3. The van der Waals surface area contributed by atoms with Crippen LogP contribution in [0, 0.1) is 0 Å². The molecule has 0 saturated heterocycles. The Hall–Kier alpha value is -1.22. The molecule has 0 aliphatic carbocycles. The molecule has 3 nitrogen and oxygen atoms in total. The van der Waals surface area contributed by atoms with Gasteiger partial charge in [0.15, 0.2) is 0 Å². The van der Waals surface area contributed by atoms with Gasteiger partial charge in [-0.15, -0.1) is 0 Å². The highest BCUT2D eigenvalue weighted by atomic mass is 16.5. The Morgan fingerprint density at radius 2 is 2.12 bits per heavy atom. The van der Waals surface area contributed by atoms with Crippen molar-refractivity contribution < 1.29 is 9.84 Å². The molecule has 0 saturated carbocycles. The van der Waals surface area contributed by atoms with Crippen LogP contribution in [0.4, 0.5) is 0 Å². The van der Waals surface area contributed by atoms with E-state index in [1.165, 1.54) is 0 Å². The summed E-state index contributed by atoms with van der Waals surface area (Å²) >= 11 is 0. The minimum absolute atomic E-state index is 0.0656. The molecule has 0 radical (unpaired) electrons. The standard InChI is InChI=1S/C14H23NO2/c1-10-8-7-9-15(13(10)16)11(2)12(3)17-14(4,5)6/h7-9,11,13,16H,3H2,1-2,4-6H3/t11?,13-/m0/s1. The van der Waals surface area contributed by atoms with Gasteiger partial charge in [0.2, 0.25) is 0 Å². The summed E-state index contributed by atoms with van der Waals surface area (Å²) in [5.41, 5.74) is 0.656. The fourth-order valence-electron chi connectivity index (χ4n) is 1.68. The maximum Gasteiger partial charge on any atom is 0.149 e. The summed E-state index contributed by atoms with van der Waals surface area (Å²) in [5, 5.41) is 10.1. The quantitative estimate of drug-likeness (QED) is 0.766. The van der Waals surface area contributed by atoms with Gasteiger partial charge in [0, 0.05) is 6.20 Å². The Bertz CT molecular complexity index is 350. The van der Waals surface area contributed by atoms with Gasteiger partial charge in [-0.05, 0) is 46.3 Å². The predicted octanol–water partition coefficient (Wildman–Crippen LogP) is 2.80. The largest absolute Gasteiger partial charge is 0.491 e. The van der Waals surface area contributed by atoms with Crippen molar-refractivity contribution in [3.63, 3.8) is 0 Å². The Morgan fingerprint density at radius 3 is 2.65 bits per heavy atom. The zero-order chi connectivity index (χ0) is 13.2. The minimum atomic E-state index is -0.602. The highest BCUT2D eigenvalue weighted by molar-refractivity contribution is 5.21. The second-order valence-electron chi connectivity index (χ2n) is 5.43. The lowest BCUT2D eigenvalue weighted by Crippen LogP contribution is -2.41. The second-order valence-corrected chi connectivity index (χ2v) is 5.43. The van der Waals surface area contributed by atoms with E-state index in [-0.39, 0.29) is 11.6 Å². The molecule has 0 aromatic rings. The van der Waals surface area contributed by atoms with Gasteiger partial charge < -0.3 is 14.7 Å². The van der Waals surface area contributed by atoms with E-state index in [4.69, 9.17) is 4.74 Å². The summed E-state index contributed by atoms with van der Waals surface area (Å²) in [6.07, 6.45) is 5.08. The molecule has 0 aromatic carbocycles. The van der Waals surface area contributed by atoms with E-state index >= 15 is 0 Å². The molecule has 96 valence electrons. The number of allylic oxidation sites excluding steroid dienone is 2. The molecule has 1 heterocycles. The van der Waals surface area contributed by atoms with Crippen molar-refractivity contribution in [2.24, 2.45) is 0 Å².